The molecular formula is C33H53NO4Si2. The molecule has 0 aromatic heterocycles. The van der Waals surface area contributed by atoms with Gasteiger partial charge < -0.3 is 18.5 Å². The molecule has 222 valence electrons. The zero-order valence-electron chi connectivity index (χ0n) is 26.9. The Bertz CT molecular complexity index is 1070. The monoisotopic (exact) mass is 583 g/mol. The number of likely N-dealkylation sites (N-methyl/N-ethyl adjacent to an activating group) is 1. The molecule has 0 saturated carbocycles. The Morgan fingerprint density at radius 1 is 0.875 bits per heavy atom. The van der Waals surface area contributed by atoms with Crippen LogP contribution >= 0.6 is 0 Å². The second-order valence-electron chi connectivity index (χ2n) is 14.4. The van der Waals surface area contributed by atoms with E-state index in [2.05, 4.69) is 129 Å². The van der Waals surface area contributed by atoms with Gasteiger partial charge in [-0.15, -0.1) is 0 Å². The highest BCUT2D eigenvalue weighted by Crippen LogP contribution is 2.43. The van der Waals surface area contributed by atoms with Crippen LogP contribution in [0.3, 0.4) is 0 Å². The molecule has 0 spiro atoms. The molecule has 1 fully saturated rings. The van der Waals surface area contributed by atoms with Crippen molar-refractivity contribution in [3.63, 3.8) is 0 Å². The van der Waals surface area contributed by atoms with Crippen LogP contribution in [0.15, 0.2) is 60.7 Å². The van der Waals surface area contributed by atoms with Gasteiger partial charge in [0.25, 0.3) is 14.2 Å². The molecule has 1 heterocycles. The van der Waals surface area contributed by atoms with Gasteiger partial charge in [-0.2, -0.15) is 0 Å². The summed E-state index contributed by atoms with van der Waals surface area (Å²) >= 11 is 0. The molecule has 1 aliphatic heterocycles. The van der Waals surface area contributed by atoms with E-state index >= 15 is 0 Å². The Morgan fingerprint density at radius 2 is 1.35 bits per heavy atom. The fraction of sp³-hybridized carbons (Fsp3) is 0.606. The molecule has 0 N–H and O–H groups in total. The zero-order valence-corrected chi connectivity index (χ0v) is 28.9. The summed E-state index contributed by atoms with van der Waals surface area (Å²) in [5.74, 6) is 0.185. The minimum atomic E-state index is -2.68. The standard InChI is InChI=1S/C33H53NO4Si2/c1-24(28(38-39(11,12)32(3,4)5)25(2)29-30(37-29)31(35)34(9)10)23-36-40(33(6,7)8,26-19-15-13-16-20-26)27-21-17-14-18-22-27/h13-22,24-25,28-30H,23H2,1-12H3/t24-,25-,28-,29+,30-/m1/s1. The maximum Gasteiger partial charge on any atom is 0.261 e. The Hall–Kier alpha value is -1.78. The van der Waals surface area contributed by atoms with Crippen LogP contribution in [0.2, 0.25) is 23.2 Å². The first-order valence-corrected chi connectivity index (χ1v) is 19.5. The van der Waals surface area contributed by atoms with E-state index in [1.54, 1.807) is 19.0 Å². The van der Waals surface area contributed by atoms with Gasteiger partial charge in [-0.1, -0.05) is 116 Å². The summed E-state index contributed by atoms with van der Waals surface area (Å²) in [7, 11) is -1.22. The largest absolute Gasteiger partial charge is 0.413 e. The third-order valence-corrected chi connectivity index (χ3v) is 18.5. The fourth-order valence-electron chi connectivity index (χ4n) is 5.54. The molecule has 3 rings (SSSR count). The Balaban J connectivity index is 1.98. The van der Waals surface area contributed by atoms with E-state index in [-0.39, 0.29) is 46.1 Å². The van der Waals surface area contributed by atoms with Crippen molar-refractivity contribution in [2.24, 2.45) is 11.8 Å². The number of epoxide rings is 1. The van der Waals surface area contributed by atoms with Crippen LogP contribution in [0.25, 0.3) is 0 Å². The minimum Gasteiger partial charge on any atom is -0.413 e. The molecule has 1 amide bonds. The zero-order chi connectivity index (χ0) is 30.1. The molecule has 1 saturated heterocycles. The van der Waals surface area contributed by atoms with Gasteiger partial charge in [0.05, 0.1) is 12.2 Å². The second kappa shape index (κ2) is 12.2. The number of nitrogens with zero attached hydrogens (tertiary/aromatic N) is 1. The van der Waals surface area contributed by atoms with Crippen molar-refractivity contribution in [3.05, 3.63) is 60.7 Å². The topological polar surface area (TPSA) is 51.3 Å². The van der Waals surface area contributed by atoms with E-state index in [0.717, 1.165) is 0 Å². The van der Waals surface area contributed by atoms with Crippen molar-refractivity contribution in [2.75, 3.05) is 20.7 Å². The number of amides is 1. The quantitative estimate of drug-likeness (QED) is 0.238. The molecule has 2 aromatic carbocycles. The number of hydrogen-bond donors (Lipinski definition) is 0. The van der Waals surface area contributed by atoms with Gasteiger partial charge in [-0.25, -0.2) is 0 Å². The van der Waals surface area contributed by atoms with Crippen molar-refractivity contribution in [1.29, 1.82) is 0 Å². The van der Waals surface area contributed by atoms with Gasteiger partial charge in [-0.05, 0) is 33.5 Å². The maximum atomic E-state index is 12.7. The smallest absolute Gasteiger partial charge is 0.261 e. The maximum absolute atomic E-state index is 12.7. The van der Waals surface area contributed by atoms with E-state index in [1.807, 2.05) is 0 Å². The van der Waals surface area contributed by atoms with Crippen LogP contribution in [0.5, 0.6) is 0 Å². The third kappa shape index (κ3) is 6.81. The molecular weight excluding hydrogens is 531 g/mol. The minimum absolute atomic E-state index is 0.0270. The number of carbonyl (C=O) groups is 1. The number of hydrogen-bond acceptors (Lipinski definition) is 4. The van der Waals surface area contributed by atoms with Crippen molar-refractivity contribution in [2.45, 2.75) is 96.9 Å². The summed E-state index contributed by atoms with van der Waals surface area (Å²) in [5, 5.41) is 2.52. The number of ether oxygens (including phenoxy) is 1. The molecule has 0 aliphatic carbocycles. The summed E-state index contributed by atoms with van der Waals surface area (Å²) in [6.07, 6.45) is -0.621. The third-order valence-electron chi connectivity index (χ3n) is 9.02. The molecule has 40 heavy (non-hydrogen) atoms. The SMILES string of the molecule is C[C@H]([C@H](O[Si](C)(C)C(C)(C)C)[C@H](C)CO[Si](c1ccccc1)(c1ccccc1)C(C)(C)C)[C@@H]1O[C@H]1C(=O)N(C)C. The highest BCUT2D eigenvalue weighted by molar-refractivity contribution is 6.99. The lowest BCUT2D eigenvalue weighted by atomic mass is 9.90. The number of rotatable bonds is 11. The lowest BCUT2D eigenvalue weighted by Crippen LogP contribution is -2.67. The van der Waals surface area contributed by atoms with E-state index < -0.39 is 16.6 Å². The lowest BCUT2D eigenvalue weighted by molar-refractivity contribution is -0.129. The van der Waals surface area contributed by atoms with Crippen LogP contribution in [-0.4, -0.2) is 66.5 Å². The number of benzene rings is 2. The molecule has 5 atom stereocenters. The van der Waals surface area contributed by atoms with Crippen LogP contribution in [0.4, 0.5) is 0 Å². The number of carbonyl (C=O) groups excluding carboxylic acids is 1. The normalized spacial score (nSPS) is 20.5. The van der Waals surface area contributed by atoms with Crippen molar-refractivity contribution in [3.8, 4) is 0 Å². The van der Waals surface area contributed by atoms with Gasteiger partial charge in [0.2, 0.25) is 0 Å². The summed E-state index contributed by atoms with van der Waals surface area (Å²) in [4.78, 5) is 14.3. The molecule has 0 bridgehead atoms. The van der Waals surface area contributed by atoms with Crippen LogP contribution in [-0.2, 0) is 18.4 Å². The van der Waals surface area contributed by atoms with Gasteiger partial charge in [0, 0.05) is 32.5 Å². The van der Waals surface area contributed by atoms with Gasteiger partial charge in [0.1, 0.15) is 0 Å². The first kappa shape index (κ1) is 32.7. The van der Waals surface area contributed by atoms with Crippen molar-refractivity contribution >= 4 is 32.9 Å². The highest BCUT2D eigenvalue weighted by atomic mass is 28.4. The van der Waals surface area contributed by atoms with E-state index in [9.17, 15) is 4.79 Å². The lowest BCUT2D eigenvalue weighted by Gasteiger charge is -2.46. The van der Waals surface area contributed by atoms with E-state index in [1.165, 1.54) is 10.4 Å². The average Bonchev–Trinajstić information content (AvgIpc) is 3.67. The van der Waals surface area contributed by atoms with Gasteiger partial charge in [0.15, 0.2) is 14.4 Å². The van der Waals surface area contributed by atoms with Crippen molar-refractivity contribution < 1.29 is 18.4 Å². The molecule has 0 radical (unpaired) electrons. The van der Waals surface area contributed by atoms with Gasteiger partial charge in [-0.3, -0.25) is 4.79 Å². The Labute approximate surface area is 245 Å². The summed E-state index contributed by atoms with van der Waals surface area (Å²) in [5.41, 5.74) is 0. The fourth-order valence-corrected chi connectivity index (χ4v) is 11.7. The first-order valence-electron chi connectivity index (χ1n) is 14.7. The molecule has 2 aromatic rings. The predicted octanol–water partition coefficient (Wildman–Crippen LogP) is 6.08. The molecule has 5 nitrogen and oxygen atoms in total. The predicted molar refractivity (Wildman–Crippen MR) is 171 cm³/mol. The second-order valence-corrected chi connectivity index (χ2v) is 23.5. The molecule has 7 heteroatoms. The average molecular weight is 584 g/mol. The highest BCUT2D eigenvalue weighted by Gasteiger charge is 2.54. The first-order chi connectivity index (χ1) is 18.4. The van der Waals surface area contributed by atoms with Crippen molar-refractivity contribution in [1.82, 2.24) is 4.90 Å². The molecule has 0 unspecified atom stereocenters. The Kier molecular flexibility index (Phi) is 10.00. The summed E-state index contributed by atoms with van der Waals surface area (Å²) < 4.78 is 20.5. The summed E-state index contributed by atoms with van der Waals surface area (Å²) in [6.45, 7) is 23.4. The van der Waals surface area contributed by atoms with Gasteiger partial charge >= 0.3 is 0 Å². The Morgan fingerprint density at radius 3 is 1.75 bits per heavy atom. The van der Waals surface area contributed by atoms with Crippen LogP contribution in [0, 0.1) is 11.8 Å². The van der Waals surface area contributed by atoms with E-state index in [0.29, 0.717) is 6.61 Å². The van der Waals surface area contributed by atoms with Crippen LogP contribution < -0.4 is 10.4 Å². The van der Waals surface area contributed by atoms with Crippen LogP contribution in [0.1, 0.15) is 55.4 Å². The summed E-state index contributed by atoms with van der Waals surface area (Å²) in [6, 6.07) is 21.6. The van der Waals surface area contributed by atoms with E-state index in [4.69, 9.17) is 13.6 Å². The molecule has 1 aliphatic rings.